The highest BCUT2D eigenvalue weighted by Gasteiger charge is 2.14. The van der Waals surface area contributed by atoms with E-state index in [0.29, 0.717) is 30.2 Å². The average molecular weight is 345 g/mol. The molecule has 3 aromatic rings. The molecule has 0 unspecified atom stereocenters. The monoisotopic (exact) mass is 345 g/mol. The van der Waals surface area contributed by atoms with Crippen LogP contribution < -0.4 is 5.73 Å². The molecule has 2 aromatic carbocycles. The topological polar surface area (TPSA) is 76.5 Å². The molecular weight excluding hydrogens is 329 g/mol. The van der Waals surface area contributed by atoms with Crippen LogP contribution in [0.1, 0.15) is 5.56 Å². The molecule has 128 valence electrons. The quantitative estimate of drug-likeness (QED) is 0.790. The Kier molecular flexibility index (Phi) is 4.23. The fourth-order valence-electron chi connectivity index (χ4n) is 2.90. The lowest BCUT2D eigenvalue weighted by Gasteiger charge is -2.13. The Hall–Kier alpha value is -3.41. The fourth-order valence-corrected chi connectivity index (χ4v) is 2.90. The molecule has 0 fully saturated rings. The maximum atomic E-state index is 14.7. The van der Waals surface area contributed by atoms with Gasteiger partial charge in [0.05, 0.1) is 36.9 Å². The van der Waals surface area contributed by atoms with Crippen LogP contribution in [0, 0.1) is 5.82 Å². The summed E-state index contributed by atoms with van der Waals surface area (Å²) in [5, 5.41) is 0. The number of nitrogens with zero attached hydrogens (tertiary/aromatic N) is 4. The summed E-state index contributed by atoms with van der Waals surface area (Å²) < 4.78 is 14.7. The van der Waals surface area contributed by atoms with Crippen LogP contribution in [0.15, 0.2) is 64.8 Å². The Morgan fingerprint density at radius 2 is 1.73 bits per heavy atom. The van der Waals surface area contributed by atoms with Gasteiger partial charge in [-0.25, -0.2) is 9.37 Å². The standard InChI is InChI=1S/C20H16FN5/c21-17-9-13(5-6-16(17)19-11-26-20(22)12-25-19)14-3-1-2-4-15(14)18-10-23-7-8-24-18/h1-6,9-12H,7-8H2,(H2,22,26). The maximum absolute atomic E-state index is 14.7. The van der Waals surface area contributed by atoms with Gasteiger partial charge in [-0.3, -0.25) is 15.0 Å². The van der Waals surface area contributed by atoms with E-state index in [1.807, 2.05) is 30.3 Å². The minimum absolute atomic E-state index is 0.301. The van der Waals surface area contributed by atoms with Crippen molar-refractivity contribution >= 4 is 17.7 Å². The predicted molar refractivity (Wildman–Crippen MR) is 102 cm³/mol. The first-order valence-corrected chi connectivity index (χ1v) is 8.24. The first kappa shape index (κ1) is 16.1. The number of hydrogen-bond acceptors (Lipinski definition) is 5. The summed E-state index contributed by atoms with van der Waals surface area (Å²) in [4.78, 5) is 16.9. The van der Waals surface area contributed by atoms with E-state index in [9.17, 15) is 4.39 Å². The molecule has 6 heteroatoms. The Morgan fingerprint density at radius 3 is 2.42 bits per heavy atom. The summed E-state index contributed by atoms with van der Waals surface area (Å²) in [6.45, 7) is 1.38. The highest BCUT2D eigenvalue weighted by molar-refractivity contribution is 6.40. The van der Waals surface area contributed by atoms with Crippen LogP contribution >= 0.6 is 0 Å². The Balaban J connectivity index is 1.76. The van der Waals surface area contributed by atoms with Gasteiger partial charge in [0.2, 0.25) is 0 Å². The van der Waals surface area contributed by atoms with Crippen LogP contribution in [0.4, 0.5) is 10.2 Å². The molecule has 0 spiro atoms. The largest absolute Gasteiger partial charge is 0.382 e. The van der Waals surface area contributed by atoms with E-state index in [0.717, 1.165) is 22.4 Å². The molecule has 0 saturated heterocycles. The smallest absolute Gasteiger partial charge is 0.141 e. The number of aromatic nitrogens is 2. The summed E-state index contributed by atoms with van der Waals surface area (Å²) in [6, 6.07) is 12.9. The van der Waals surface area contributed by atoms with E-state index in [-0.39, 0.29) is 5.82 Å². The molecule has 2 heterocycles. The van der Waals surface area contributed by atoms with E-state index in [1.54, 1.807) is 12.3 Å². The number of nitrogen functional groups attached to an aromatic ring is 1. The minimum Gasteiger partial charge on any atom is -0.382 e. The average Bonchev–Trinajstić information content (AvgIpc) is 2.69. The van der Waals surface area contributed by atoms with Gasteiger partial charge >= 0.3 is 0 Å². The van der Waals surface area contributed by atoms with Crippen molar-refractivity contribution in [1.29, 1.82) is 0 Å². The first-order valence-electron chi connectivity index (χ1n) is 8.24. The Bertz CT molecular complexity index is 1010. The number of nitrogens with two attached hydrogens (primary N) is 1. The van der Waals surface area contributed by atoms with Crippen LogP contribution in [-0.2, 0) is 0 Å². The molecule has 2 N–H and O–H groups in total. The van der Waals surface area contributed by atoms with Gasteiger partial charge in [0, 0.05) is 17.3 Å². The lowest BCUT2D eigenvalue weighted by atomic mass is 9.95. The molecule has 1 aliphatic rings. The number of halogens is 1. The number of benzene rings is 2. The normalized spacial score (nSPS) is 13.5. The van der Waals surface area contributed by atoms with Gasteiger partial charge < -0.3 is 5.73 Å². The van der Waals surface area contributed by atoms with E-state index >= 15 is 0 Å². The molecule has 0 saturated carbocycles. The molecule has 0 bridgehead atoms. The highest BCUT2D eigenvalue weighted by Crippen LogP contribution is 2.29. The van der Waals surface area contributed by atoms with Crippen molar-refractivity contribution in [2.24, 2.45) is 9.98 Å². The van der Waals surface area contributed by atoms with E-state index < -0.39 is 0 Å². The molecule has 0 amide bonds. The van der Waals surface area contributed by atoms with Crippen LogP contribution in [0.3, 0.4) is 0 Å². The summed E-state index contributed by atoms with van der Waals surface area (Å²) >= 11 is 0. The molecule has 4 rings (SSSR count). The highest BCUT2D eigenvalue weighted by atomic mass is 19.1. The van der Waals surface area contributed by atoms with Gasteiger partial charge in [-0.1, -0.05) is 30.3 Å². The van der Waals surface area contributed by atoms with Crippen molar-refractivity contribution in [3.05, 3.63) is 66.2 Å². The lowest BCUT2D eigenvalue weighted by molar-refractivity contribution is 0.631. The molecular formula is C20H16FN5. The van der Waals surface area contributed by atoms with Crippen molar-refractivity contribution in [2.75, 3.05) is 18.8 Å². The second-order valence-electron chi connectivity index (χ2n) is 5.87. The molecule has 5 nitrogen and oxygen atoms in total. The molecule has 1 aromatic heterocycles. The third kappa shape index (κ3) is 3.09. The van der Waals surface area contributed by atoms with E-state index in [1.165, 1.54) is 18.5 Å². The van der Waals surface area contributed by atoms with Crippen molar-refractivity contribution in [3.63, 3.8) is 0 Å². The van der Waals surface area contributed by atoms with Gasteiger partial charge in [0.15, 0.2) is 0 Å². The molecule has 0 aliphatic carbocycles. The van der Waals surface area contributed by atoms with Crippen molar-refractivity contribution < 1.29 is 4.39 Å². The third-order valence-corrected chi connectivity index (χ3v) is 4.16. The third-order valence-electron chi connectivity index (χ3n) is 4.16. The fraction of sp³-hybridized carbons (Fsp3) is 0.100. The second kappa shape index (κ2) is 6.84. The molecule has 26 heavy (non-hydrogen) atoms. The number of anilines is 1. The van der Waals surface area contributed by atoms with Crippen molar-refractivity contribution in [1.82, 2.24) is 9.97 Å². The maximum Gasteiger partial charge on any atom is 0.141 e. The minimum atomic E-state index is -0.365. The predicted octanol–water partition coefficient (Wildman–Crippen LogP) is 3.41. The zero-order valence-corrected chi connectivity index (χ0v) is 13.9. The van der Waals surface area contributed by atoms with Crippen LogP contribution in [0.5, 0.6) is 0 Å². The molecule has 0 atom stereocenters. The summed E-state index contributed by atoms with van der Waals surface area (Å²) in [6.07, 6.45) is 4.66. The number of aliphatic imine (C=N–C) groups is 2. The number of rotatable bonds is 3. The van der Waals surface area contributed by atoms with E-state index in [2.05, 4.69) is 20.0 Å². The summed E-state index contributed by atoms with van der Waals surface area (Å²) in [7, 11) is 0. The lowest BCUT2D eigenvalue weighted by Crippen LogP contribution is -2.11. The Labute approximate surface area is 150 Å². The van der Waals surface area contributed by atoms with E-state index in [4.69, 9.17) is 5.73 Å². The molecule has 1 aliphatic heterocycles. The zero-order chi connectivity index (χ0) is 17.9. The van der Waals surface area contributed by atoms with Crippen LogP contribution in [0.2, 0.25) is 0 Å². The first-order chi connectivity index (χ1) is 12.7. The number of hydrogen-bond donors (Lipinski definition) is 1. The van der Waals surface area contributed by atoms with Crippen LogP contribution in [-0.4, -0.2) is 35.0 Å². The Morgan fingerprint density at radius 1 is 0.885 bits per heavy atom. The van der Waals surface area contributed by atoms with Crippen molar-refractivity contribution in [3.8, 4) is 22.4 Å². The van der Waals surface area contributed by atoms with Gasteiger partial charge in [-0.2, -0.15) is 0 Å². The second-order valence-corrected chi connectivity index (χ2v) is 5.87. The zero-order valence-electron chi connectivity index (χ0n) is 13.9. The van der Waals surface area contributed by atoms with Crippen LogP contribution in [0.25, 0.3) is 22.4 Å². The van der Waals surface area contributed by atoms with Gasteiger partial charge in [0.1, 0.15) is 11.6 Å². The summed E-state index contributed by atoms with van der Waals surface area (Å²) in [5.74, 6) is -0.0646. The SMILES string of the molecule is Nc1cnc(-c2ccc(-c3ccccc3C3=NCCN=C3)cc2F)cn1. The molecule has 0 radical (unpaired) electrons. The van der Waals surface area contributed by atoms with Crippen molar-refractivity contribution in [2.45, 2.75) is 0 Å². The van der Waals surface area contributed by atoms with Gasteiger partial charge in [-0.15, -0.1) is 0 Å². The summed E-state index contributed by atoms with van der Waals surface area (Å²) in [5.41, 5.74) is 9.81. The van der Waals surface area contributed by atoms with Gasteiger partial charge in [0.25, 0.3) is 0 Å². The van der Waals surface area contributed by atoms with Gasteiger partial charge in [-0.05, 0) is 23.3 Å².